The van der Waals surface area contributed by atoms with Crippen LogP contribution in [-0.4, -0.2) is 51.6 Å². The lowest BCUT2D eigenvalue weighted by molar-refractivity contribution is -0.143. The van der Waals surface area contributed by atoms with Gasteiger partial charge in [0, 0.05) is 39.2 Å². The molecule has 3 N–H and O–H groups in total. The molecule has 0 bridgehead atoms. The van der Waals surface area contributed by atoms with E-state index in [1.165, 1.54) is 0 Å². The maximum absolute atomic E-state index is 11.6. The number of rotatable bonds is 9. The number of aliphatic imine (C=N–C) groups is 1. The van der Waals surface area contributed by atoms with Gasteiger partial charge >= 0.3 is 5.97 Å². The zero-order chi connectivity index (χ0) is 18.5. The number of hydrogen-bond acceptors (Lipinski definition) is 4. The molecule has 0 saturated carbocycles. The first-order chi connectivity index (χ1) is 12.1. The van der Waals surface area contributed by atoms with Crippen molar-refractivity contribution in [3.63, 3.8) is 0 Å². The summed E-state index contributed by atoms with van der Waals surface area (Å²) in [4.78, 5) is 27.0. The molecule has 1 aromatic rings. The van der Waals surface area contributed by atoms with Crippen molar-refractivity contribution in [2.24, 2.45) is 4.99 Å². The summed E-state index contributed by atoms with van der Waals surface area (Å²) in [5.41, 5.74) is 1.73. The molecule has 7 nitrogen and oxygen atoms in total. The summed E-state index contributed by atoms with van der Waals surface area (Å²) in [5, 5.41) is 8.99. The van der Waals surface area contributed by atoms with Gasteiger partial charge in [0.2, 0.25) is 0 Å². The average molecular weight is 348 g/mol. The van der Waals surface area contributed by atoms with Crippen LogP contribution in [0.1, 0.15) is 35.7 Å². The van der Waals surface area contributed by atoms with Crippen LogP contribution < -0.4 is 16.0 Å². The van der Waals surface area contributed by atoms with Crippen molar-refractivity contribution < 1.29 is 14.3 Å². The Hall–Kier alpha value is -2.57. The molecule has 0 fully saturated rings. The molecule has 0 aromatic heterocycles. The van der Waals surface area contributed by atoms with Gasteiger partial charge in [-0.05, 0) is 37.5 Å². The Bertz CT molecular complexity index is 587. The molecule has 0 spiro atoms. The van der Waals surface area contributed by atoms with Crippen LogP contribution in [0.25, 0.3) is 0 Å². The normalized spacial score (nSPS) is 10.9. The number of guanidine groups is 1. The SMILES string of the molecule is CCOC(=O)CCCNC(=NC)NCCc1cccc(C(=O)NC)c1. The molecule has 1 amide bonds. The molecule has 0 saturated heterocycles. The minimum Gasteiger partial charge on any atom is -0.466 e. The predicted molar refractivity (Wildman–Crippen MR) is 98.8 cm³/mol. The van der Waals surface area contributed by atoms with E-state index in [-0.39, 0.29) is 11.9 Å². The average Bonchev–Trinajstić information content (AvgIpc) is 2.63. The largest absolute Gasteiger partial charge is 0.466 e. The Morgan fingerprint density at radius 1 is 1.20 bits per heavy atom. The second kappa shape index (κ2) is 11.9. The maximum Gasteiger partial charge on any atom is 0.305 e. The fourth-order valence-electron chi connectivity index (χ4n) is 2.23. The summed E-state index contributed by atoms with van der Waals surface area (Å²) in [5.74, 6) is 0.420. The number of benzene rings is 1. The summed E-state index contributed by atoms with van der Waals surface area (Å²) in [6, 6.07) is 7.54. The molecule has 7 heteroatoms. The van der Waals surface area contributed by atoms with E-state index in [2.05, 4.69) is 20.9 Å². The molecule has 25 heavy (non-hydrogen) atoms. The van der Waals surface area contributed by atoms with Gasteiger partial charge in [-0.3, -0.25) is 14.6 Å². The molecule has 0 radical (unpaired) electrons. The van der Waals surface area contributed by atoms with E-state index in [4.69, 9.17) is 4.74 Å². The summed E-state index contributed by atoms with van der Waals surface area (Å²) in [6.45, 7) is 3.54. The van der Waals surface area contributed by atoms with Crippen molar-refractivity contribution in [2.75, 3.05) is 33.8 Å². The molecule has 0 aliphatic carbocycles. The lowest BCUT2D eigenvalue weighted by Crippen LogP contribution is -2.38. The molecule has 138 valence electrons. The summed E-state index contributed by atoms with van der Waals surface area (Å²) in [6.07, 6.45) is 1.85. The van der Waals surface area contributed by atoms with Gasteiger partial charge in [0.05, 0.1) is 6.61 Å². The fraction of sp³-hybridized carbons (Fsp3) is 0.500. The number of amides is 1. The quantitative estimate of drug-likeness (QED) is 0.269. The van der Waals surface area contributed by atoms with E-state index in [0.29, 0.717) is 44.1 Å². The second-order valence-corrected chi connectivity index (χ2v) is 5.36. The highest BCUT2D eigenvalue weighted by molar-refractivity contribution is 5.94. The highest BCUT2D eigenvalue weighted by atomic mass is 16.5. The highest BCUT2D eigenvalue weighted by Crippen LogP contribution is 2.05. The Morgan fingerprint density at radius 2 is 1.96 bits per heavy atom. The molecular formula is C18H28N4O3. The zero-order valence-electron chi connectivity index (χ0n) is 15.2. The van der Waals surface area contributed by atoms with Crippen molar-refractivity contribution in [3.8, 4) is 0 Å². The second-order valence-electron chi connectivity index (χ2n) is 5.36. The van der Waals surface area contributed by atoms with Crippen LogP contribution in [0.15, 0.2) is 29.3 Å². The smallest absolute Gasteiger partial charge is 0.305 e. The van der Waals surface area contributed by atoms with Crippen molar-refractivity contribution in [1.29, 1.82) is 0 Å². The van der Waals surface area contributed by atoms with Gasteiger partial charge in [-0.2, -0.15) is 0 Å². The summed E-state index contributed by atoms with van der Waals surface area (Å²) < 4.78 is 4.88. The van der Waals surface area contributed by atoms with Gasteiger partial charge in [0.25, 0.3) is 5.91 Å². The number of carbonyl (C=O) groups excluding carboxylic acids is 2. The molecule has 1 rings (SSSR count). The fourth-order valence-corrected chi connectivity index (χ4v) is 2.23. The minimum atomic E-state index is -0.178. The van der Waals surface area contributed by atoms with E-state index in [1.54, 1.807) is 27.1 Å². The molecule has 0 heterocycles. The lowest BCUT2D eigenvalue weighted by atomic mass is 10.1. The van der Waals surface area contributed by atoms with Gasteiger partial charge in [-0.1, -0.05) is 12.1 Å². The number of esters is 1. The van der Waals surface area contributed by atoms with Gasteiger partial charge < -0.3 is 20.7 Å². The molecule has 1 aromatic carbocycles. The van der Waals surface area contributed by atoms with E-state index in [9.17, 15) is 9.59 Å². The Morgan fingerprint density at radius 3 is 2.64 bits per heavy atom. The number of nitrogens with zero attached hydrogens (tertiary/aromatic N) is 1. The van der Waals surface area contributed by atoms with Crippen LogP contribution in [0.5, 0.6) is 0 Å². The van der Waals surface area contributed by atoms with E-state index in [0.717, 1.165) is 12.0 Å². The van der Waals surface area contributed by atoms with Crippen molar-refractivity contribution >= 4 is 17.8 Å². The topological polar surface area (TPSA) is 91.8 Å². The van der Waals surface area contributed by atoms with Crippen LogP contribution in [0.4, 0.5) is 0 Å². The molecule has 0 unspecified atom stereocenters. The molecule has 0 aliphatic rings. The minimum absolute atomic E-state index is 0.0890. The van der Waals surface area contributed by atoms with E-state index in [1.807, 2.05) is 18.2 Å². The zero-order valence-corrected chi connectivity index (χ0v) is 15.2. The van der Waals surface area contributed by atoms with Crippen molar-refractivity contribution in [2.45, 2.75) is 26.2 Å². The Kier molecular flexibility index (Phi) is 9.74. The lowest BCUT2D eigenvalue weighted by Gasteiger charge is -2.12. The third-order valence-electron chi connectivity index (χ3n) is 3.50. The van der Waals surface area contributed by atoms with Gasteiger partial charge in [0.15, 0.2) is 5.96 Å². The monoisotopic (exact) mass is 348 g/mol. The number of nitrogens with one attached hydrogen (secondary N) is 3. The summed E-state index contributed by atoms with van der Waals surface area (Å²) >= 11 is 0. The predicted octanol–water partition coefficient (Wildman–Crippen LogP) is 1.10. The van der Waals surface area contributed by atoms with Crippen LogP contribution in [0, 0.1) is 0 Å². The van der Waals surface area contributed by atoms with Crippen LogP contribution in [-0.2, 0) is 16.0 Å². The Balaban J connectivity index is 2.31. The van der Waals surface area contributed by atoms with Gasteiger partial charge in [-0.25, -0.2) is 0 Å². The van der Waals surface area contributed by atoms with Crippen molar-refractivity contribution in [1.82, 2.24) is 16.0 Å². The van der Waals surface area contributed by atoms with Crippen LogP contribution >= 0.6 is 0 Å². The van der Waals surface area contributed by atoms with E-state index < -0.39 is 0 Å². The molecular weight excluding hydrogens is 320 g/mol. The highest BCUT2D eigenvalue weighted by Gasteiger charge is 2.04. The van der Waals surface area contributed by atoms with Gasteiger partial charge in [-0.15, -0.1) is 0 Å². The van der Waals surface area contributed by atoms with E-state index >= 15 is 0 Å². The molecule has 0 atom stereocenters. The number of hydrogen-bond donors (Lipinski definition) is 3. The molecule has 0 aliphatic heterocycles. The summed E-state index contributed by atoms with van der Waals surface area (Å²) in [7, 11) is 3.32. The van der Waals surface area contributed by atoms with Crippen LogP contribution in [0.2, 0.25) is 0 Å². The Labute approximate surface area is 149 Å². The van der Waals surface area contributed by atoms with Crippen LogP contribution in [0.3, 0.4) is 0 Å². The first-order valence-electron chi connectivity index (χ1n) is 8.51. The third kappa shape index (κ3) is 8.19. The standard InChI is InChI=1S/C18H28N4O3/c1-4-25-16(23)9-6-11-21-18(20-3)22-12-10-14-7-5-8-15(13-14)17(24)19-2/h5,7-8,13H,4,6,9-12H2,1-3H3,(H,19,24)(H2,20,21,22). The first-order valence-corrected chi connectivity index (χ1v) is 8.51. The number of ether oxygens (including phenoxy) is 1. The first kappa shape index (κ1) is 20.5. The van der Waals surface area contributed by atoms with Crippen molar-refractivity contribution in [3.05, 3.63) is 35.4 Å². The van der Waals surface area contributed by atoms with Gasteiger partial charge in [0.1, 0.15) is 0 Å². The maximum atomic E-state index is 11.6. The third-order valence-corrected chi connectivity index (χ3v) is 3.50. The number of carbonyl (C=O) groups is 2.